The Bertz CT molecular complexity index is 1150. The van der Waals surface area contributed by atoms with Crippen molar-refractivity contribution in [3.63, 3.8) is 0 Å². The molecule has 0 aromatic heterocycles. The summed E-state index contributed by atoms with van der Waals surface area (Å²) in [5, 5.41) is 3.14. The van der Waals surface area contributed by atoms with Crippen molar-refractivity contribution in [1.29, 1.82) is 0 Å². The summed E-state index contributed by atoms with van der Waals surface area (Å²) in [5.41, 5.74) is 1.01. The average molecular weight is 493 g/mol. The van der Waals surface area contributed by atoms with Crippen molar-refractivity contribution in [3.05, 3.63) is 68.8 Å². The molecule has 2 aliphatic rings. The second-order valence-electron chi connectivity index (χ2n) is 7.78. The van der Waals surface area contributed by atoms with E-state index in [1.807, 2.05) is 11.8 Å². The average Bonchev–Trinajstić information content (AvgIpc) is 2.99. The maximum atomic E-state index is 13.0. The highest BCUT2D eigenvalue weighted by Crippen LogP contribution is 2.36. The Morgan fingerprint density at radius 2 is 1.81 bits per heavy atom. The molecular weight excluding hydrogens is 473 g/mol. The van der Waals surface area contributed by atoms with Crippen LogP contribution in [0.25, 0.3) is 0 Å². The molecule has 0 spiro atoms. The zero-order valence-electron chi connectivity index (χ0n) is 17.2. The number of likely N-dealkylation sites (tertiary alicyclic amines) is 1. The van der Waals surface area contributed by atoms with Gasteiger partial charge in [0.05, 0.1) is 10.7 Å². The van der Waals surface area contributed by atoms with Crippen LogP contribution in [0, 0.1) is 0 Å². The van der Waals surface area contributed by atoms with Gasteiger partial charge in [0.25, 0.3) is 17.7 Å². The number of carbonyl (C=O) groups excluding carboxylic acids is 3. The lowest BCUT2D eigenvalue weighted by molar-refractivity contribution is -0.120. The first kappa shape index (κ1) is 22.6. The molecule has 0 saturated carbocycles. The number of rotatable bonds is 4. The molecule has 0 bridgehead atoms. The summed E-state index contributed by atoms with van der Waals surface area (Å²) in [6, 6.07) is 11.4. The monoisotopic (exact) mass is 491 g/mol. The molecule has 1 atom stereocenters. The van der Waals surface area contributed by atoms with Gasteiger partial charge in [-0.1, -0.05) is 40.9 Å². The number of benzene rings is 2. The van der Waals surface area contributed by atoms with Crippen LogP contribution >= 0.6 is 34.8 Å². The van der Waals surface area contributed by atoms with Crippen LogP contribution in [0.15, 0.2) is 53.2 Å². The third kappa shape index (κ3) is 4.22. The molecule has 1 N–H and O–H groups in total. The van der Waals surface area contributed by atoms with E-state index in [0.29, 0.717) is 16.3 Å². The van der Waals surface area contributed by atoms with Gasteiger partial charge in [-0.2, -0.15) is 0 Å². The van der Waals surface area contributed by atoms with Crippen LogP contribution in [-0.4, -0.2) is 35.2 Å². The zero-order valence-corrected chi connectivity index (χ0v) is 19.5. The van der Waals surface area contributed by atoms with Gasteiger partial charge in [0.2, 0.25) is 0 Å². The Labute approximate surface area is 200 Å². The minimum absolute atomic E-state index is 0.0675. The van der Waals surface area contributed by atoms with Crippen LogP contribution in [0.1, 0.15) is 36.5 Å². The van der Waals surface area contributed by atoms with E-state index in [-0.39, 0.29) is 33.4 Å². The van der Waals surface area contributed by atoms with Crippen molar-refractivity contribution >= 4 is 63.9 Å². The predicted molar refractivity (Wildman–Crippen MR) is 126 cm³/mol. The Balaban J connectivity index is 1.58. The minimum atomic E-state index is -0.710. The van der Waals surface area contributed by atoms with Crippen LogP contribution < -0.4 is 10.2 Å². The molecule has 166 valence electrons. The number of imide groups is 1. The smallest absolute Gasteiger partial charge is 0.283 e. The van der Waals surface area contributed by atoms with Gasteiger partial charge in [-0.05, 0) is 62.6 Å². The van der Waals surface area contributed by atoms with E-state index in [1.54, 1.807) is 30.3 Å². The topological polar surface area (TPSA) is 69.7 Å². The third-order valence-corrected chi connectivity index (χ3v) is 6.52. The van der Waals surface area contributed by atoms with Crippen molar-refractivity contribution in [1.82, 2.24) is 4.90 Å². The number of nitrogens with one attached hydrogen (secondary N) is 1. The van der Waals surface area contributed by atoms with Gasteiger partial charge in [-0.15, -0.1) is 0 Å². The van der Waals surface area contributed by atoms with E-state index in [4.69, 9.17) is 34.8 Å². The van der Waals surface area contributed by atoms with Crippen molar-refractivity contribution in [2.45, 2.75) is 32.2 Å². The Kier molecular flexibility index (Phi) is 6.47. The lowest BCUT2D eigenvalue weighted by atomic mass is 10.0. The maximum absolute atomic E-state index is 13.0. The molecule has 1 saturated heterocycles. The van der Waals surface area contributed by atoms with Crippen LogP contribution in [0.3, 0.4) is 0 Å². The fourth-order valence-corrected chi connectivity index (χ4v) is 4.51. The number of carbonyl (C=O) groups is 3. The number of amides is 3. The first-order chi connectivity index (χ1) is 15.3. The van der Waals surface area contributed by atoms with Crippen LogP contribution in [-0.2, 0) is 9.59 Å². The highest BCUT2D eigenvalue weighted by molar-refractivity contribution is 6.54. The summed E-state index contributed by atoms with van der Waals surface area (Å²) in [5.74, 6) is -1.44. The SMILES string of the molecule is CC1CCCCN1C(=O)c1cccc(NC2=C(Cl)C(=O)N(c3cc(Cl)ccc3Cl)C2=O)c1. The van der Waals surface area contributed by atoms with Crippen LogP contribution in [0.4, 0.5) is 11.4 Å². The van der Waals surface area contributed by atoms with E-state index in [1.165, 1.54) is 12.1 Å². The fourth-order valence-electron chi connectivity index (χ4n) is 3.93. The molecule has 2 aromatic rings. The molecule has 3 amide bonds. The largest absolute Gasteiger partial charge is 0.350 e. The number of halogens is 3. The standard InChI is InChI=1S/C23H20Cl3N3O3/c1-13-5-2-3-10-28(13)21(30)14-6-4-7-16(11-14)27-20-19(26)22(31)29(23(20)32)18-12-15(24)8-9-17(18)25/h4,6-9,11-13,27H,2-3,5,10H2,1H3. The van der Waals surface area contributed by atoms with Crippen molar-refractivity contribution in [2.24, 2.45) is 0 Å². The van der Waals surface area contributed by atoms with Crippen molar-refractivity contribution in [3.8, 4) is 0 Å². The van der Waals surface area contributed by atoms with Crippen LogP contribution in [0.5, 0.6) is 0 Å². The number of hydrogen-bond acceptors (Lipinski definition) is 4. The van der Waals surface area contributed by atoms with E-state index >= 15 is 0 Å². The fraction of sp³-hybridized carbons (Fsp3) is 0.261. The number of anilines is 2. The van der Waals surface area contributed by atoms with Crippen LogP contribution in [0.2, 0.25) is 10.0 Å². The Hall–Kier alpha value is -2.54. The summed E-state index contributed by atoms with van der Waals surface area (Å²) in [6.07, 6.45) is 3.07. The minimum Gasteiger partial charge on any atom is -0.350 e. The van der Waals surface area contributed by atoms with Gasteiger partial charge in [0.15, 0.2) is 0 Å². The van der Waals surface area contributed by atoms with E-state index in [2.05, 4.69) is 5.32 Å². The maximum Gasteiger partial charge on any atom is 0.283 e. The molecule has 0 radical (unpaired) electrons. The van der Waals surface area contributed by atoms with Crippen molar-refractivity contribution < 1.29 is 14.4 Å². The number of nitrogens with zero attached hydrogens (tertiary/aromatic N) is 2. The van der Waals surface area contributed by atoms with E-state index < -0.39 is 11.8 Å². The number of piperidine rings is 1. The van der Waals surface area contributed by atoms with Gasteiger partial charge in [0, 0.05) is 28.9 Å². The van der Waals surface area contributed by atoms with Crippen molar-refractivity contribution in [2.75, 3.05) is 16.8 Å². The molecule has 9 heteroatoms. The molecule has 4 rings (SSSR count). The molecule has 1 unspecified atom stereocenters. The summed E-state index contributed by atoms with van der Waals surface area (Å²) < 4.78 is 0. The quantitative estimate of drug-likeness (QED) is 0.577. The molecular formula is C23H20Cl3N3O3. The molecule has 2 aliphatic heterocycles. The molecule has 32 heavy (non-hydrogen) atoms. The third-order valence-electron chi connectivity index (χ3n) is 5.62. The van der Waals surface area contributed by atoms with E-state index in [9.17, 15) is 14.4 Å². The molecule has 6 nitrogen and oxygen atoms in total. The predicted octanol–water partition coefficient (Wildman–Crippen LogP) is 5.44. The first-order valence-electron chi connectivity index (χ1n) is 10.2. The zero-order chi connectivity index (χ0) is 23.0. The Morgan fingerprint density at radius 1 is 1.03 bits per heavy atom. The number of hydrogen-bond donors (Lipinski definition) is 1. The highest BCUT2D eigenvalue weighted by atomic mass is 35.5. The second kappa shape index (κ2) is 9.14. The molecule has 2 aromatic carbocycles. The van der Waals surface area contributed by atoms with E-state index in [0.717, 1.165) is 30.7 Å². The van der Waals surface area contributed by atoms with Gasteiger partial charge in [0.1, 0.15) is 10.7 Å². The first-order valence-corrected chi connectivity index (χ1v) is 11.3. The summed E-state index contributed by atoms with van der Waals surface area (Å²) in [6.45, 7) is 2.76. The lowest BCUT2D eigenvalue weighted by Crippen LogP contribution is -2.42. The second-order valence-corrected chi connectivity index (χ2v) is 9.00. The molecule has 1 fully saturated rings. The Morgan fingerprint density at radius 3 is 2.56 bits per heavy atom. The summed E-state index contributed by atoms with van der Waals surface area (Å²) in [4.78, 5) is 41.5. The van der Waals surface area contributed by atoms with Gasteiger partial charge < -0.3 is 10.2 Å². The van der Waals surface area contributed by atoms with Gasteiger partial charge >= 0.3 is 0 Å². The molecule has 0 aliphatic carbocycles. The van der Waals surface area contributed by atoms with Gasteiger partial charge in [-0.25, -0.2) is 4.90 Å². The molecule has 2 heterocycles. The van der Waals surface area contributed by atoms with Gasteiger partial charge in [-0.3, -0.25) is 14.4 Å². The summed E-state index contributed by atoms with van der Waals surface area (Å²) in [7, 11) is 0. The normalized spacial score (nSPS) is 19.1. The lowest BCUT2D eigenvalue weighted by Gasteiger charge is -2.33. The summed E-state index contributed by atoms with van der Waals surface area (Å²) >= 11 is 18.4. The highest BCUT2D eigenvalue weighted by Gasteiger charge is 2.40.